The molecule has 3 rings (SSSR count). The number of nitrogens with one attached hydrogen (secondary N) is 3. The molecule has 0 aliphatic rings. The lowest BCUT2D eigenvalue weighted by molar-refractivity contribution is -0.120. The number of carbonyl (C=O) groups excluding carboxylic acids is 2. The van der Waals surface area contributed by atoms with E-state index in [4.69, 9.17) is 10.5 Å². The molecular weight excluding hydrogens is 392 g/mol. The summed E-state index contributed by atoms with van der Waals surface area (Å²) >= 11 is 0. The Labute approximate surface area is 181 Å². The van der Waals surface area contributed by atoms with Crippen molar-refractivity contribution < 1.29 is 14.3 Å². The van der Waals surface area contributed by atoms with Crippen LogP contribution in [0.25, 0.3) is 0 Å². The molecule has 0 fully saturated rings. The number of para-hydroxylation sites is 1. The fourth-order valence-electron chi connectivity index (χ4n) is 2.74. The SMILES string of the molecule is Nc1ccc(CNC(=O)NCC(=O)NCc2ccc(COc3ccccc3)cc2)cc1. The van der Waals surface area contributed by atoms with Crippen LogP contribution in [0.3, 0.4) is 0 Å². The van der Waals surface area contributed by atoms with E-state index in [1.807, 2.05) is 66.7 Å². The second kappa shape index (κ2) is 11.3. The van der Waals surface area contributed by atoms with Gasteiger partial charge in [-0.1, -0.05) is 54.6 Å². The molecule has 160 valence electrons. The van der Waals surface area contributed by atoms with Crippen LogP contribution >= 0.6 is 0 Å². The van der Waals surface area contributed by atoms with Crippen molar-refractivity contribution >= 4 is 17.6 Å². The molecule has 3 aromatic rings. The molecule has 0 saturated carbocycles. The third-order valence-corrected chi connectivity index (χ3v) is 4.50. The van der Waals surface area contributed by atoms with Crippen LogP contribution < -0.4 is 26.4 Å². The van der Waals surface area contributed by atoms with Gasteiger partial charge in [0, 0.05) is 18.8 Å². The molecule has 7 nitrogen and oxygen atoms in total. The summed E-state index contributed by atoms with van der Waals surface area (Å²) in [4.78, 5) is 23.8. The average molecular weight is 418 g/mol. The van der Waals surface area contributed by atoms with E-state index >= 15 is 0 Å². The zero-order valence-corrected chi connectivity index (χ0v) is 17.1. The summed E-state index contributed by atoms with van der Waals surface area (Å²) in [6.45, 7) is 1.12. The van der Waals surface area contributed by atoms with Crippen molar-refractivity contribution in [3.8, 4) is 5.75 Å². The van der Waals surface area contributed by atoms with Crippen LogP contribution in [0.1, 0.15) is 16.7 Å². The van der Waals surface area contributed by atoms with Crippen LogP contribution in [0.15, 0.2) is 78.9 Å². The van der Waals surface area contributed by atoms with Gasteiger partial charge in [-0.15, -0.1) is 0 Å². The molecule has 0 spiro atoms. The summed E-state index contributed by atoms with van der Waals surface area (Å²) in [5.41, 5.74) is 9.22. The summed E-state index contributed by atoms with van der Waals surface area (Å²) in [7, 11) is 0. The highest BCUT2D eigenvalue weighted by atomic mass is 16.5. The first kappa shape index (κ1) is 21.7. The van der Waals surface area contributed by atoms with E-state index in [-0.39, 0.29) is 12.5 Å². The van der Waals surface area contributed by atoms with Gasteiger partial charge in [0.1, 0.15) is 12.4 Å². The van der Waals surface area contributed by atoms with Crippen molar-refractivity contribution in [1.29, 1.82) is 0 Å². The first-order chi connectivity index (χ1) is 15.1. The molecule has 3 amide bonds. The van der Waals surface area contributed by atoms with Crippen LogP contribution in [0.4, 0.5) is 10.5 Å². The van der Waals surface area contributed by atoms with Gasteiger partial charge in [-0.3, -0.25) is 4.79 Å². The topological polar surface area (TPSA) is 105 Å². The third kappa shape index (κ3) is 7.74. The highest BCUT2D eigenvalue weighted by Crippen LogP contribution is 2.12. The molecule has 0 atom stereocenters. The summed E-state index contributed by atoms with van der Waals surface area (Å²) in [6.07, 6.45) is 0. The minimum atomic E-state index is -0.408. The maximum Gasteiger partial charge on any atom is 0.315 e. The Hall–Kier alpha value is -4.00. The van der Waals surface area contributed by atoms with Gasteiger partial charge in [-0.25, -0.2) is 4.79 Å². The highest BCUT2D eigenvalue weighted by Gasteiger charge is 2.05. The standard InChI is InChI=1S/C24H26N4O3/c25-21-12-10-19(11-13-21)15-27-24(30)28-16-23(29)26-14-18-6-8-20(9-7-18)17-31-22-4-2-1-3-5-22/h1-13H,14-17,25H2,(H,26,29)(H2,27,28,30). The molecule has 31 heavy (non-hydrogen) atoms. The fraction of sp³-hybridized carbons (Fsp3) is 0.167. The largest absolute Gasteiger partial charge is 0.489 e. The molecule has 7 heteroatoms. The Morgan fingerprint density at radius 3 is 1.97 bits per heavy atom. The molecule has 0 aliphatic heterocycles. The first-order valence-corrected chi connectivity index (χ1v) is 9.97. The van der Waals surface area contributed by atoms with E-state index < -0.39 is 6.03 Å². The lowest BCUT2D eigenvalue weighted by Gasteiger charge is -2.10. The maximum atomic E-state index is 12.0. The summed E-state index contributed by atoms with van der Waals surface area (Å²) in [5, 5.41) is 8.02. The Balaban J connectivity index is 1.32. The third-order valence-electron chi connectivity index (χ3n) is 4.50. The normalized spacial score (nSPS) is 10.2. The zero-order valence-electron chi connectivity index (χ0n) is 17.1. The van der Waals surface area contributed by atoms with Gasteiger partial charge in [-0.2, -0.15) is 0 Å². The molecule has 0 radical (unpaired) electrons. The predicted molar refractivity (Wildman–Crippen MR) is 120 cm³/mol. The number of benzene rings is 3. The predicted octanol–water partition coefficient (Wildman–Crippen LogP) is 2.96. The number of ether oxygens (including phenoxy) is 1. The van der Waals surface area contributed by atoms with Crippen molar-refractivity contribution in [1.82, 2.24) is 16.0 Å². The number of carbonyl (C=O) groups is 2. The van der Waals surface area contributed by atoms with Gasteiger partial charge in [-0.05, 0) is 41.0 Å². The Morgan fingerprint density at radius 1 is 0.710 bits per heavy atom. The molecular formula is C24H26N4O3. The Morgan fingerprint density at radius 2 is 1.29 bits per heavy atom. The van der Waals surface area contributed by atoms with Crippen molar-refractivity contribution in [2.75, 3.05) is 12.3 Å². The fourth-order valence-corrected chi connectivity index (χ4v) is 2.74. The summed E-state index contributed by atoms with van der Waals surface area (Å²) in [6, 6.07) is 24.2. The van der Waals surface area contributed by atoms with Crippen molar-refractivity contribution in [2.24, 2.45) is 0 Å². The number of anilines is 1. The summed E-state index contributed by atoms with van der Waals surface area (Å²) < 4.78 is 5.72. The molecule has 0 unspecified atom stereocenters. The van der Waals surface area contributed by atoms with Gasteiger partial charge in [0.15, 0.2) is 0 Å². The second-order valence-corrected chi connectivity index (χ2v) is 6.97. The number of rotatable bonds is 9. The van der Waals surface area contributed by atoms with E-state index in [1.165, 1.54) is 0 Å². The molecule has 0 heterocycles. The van der Waals surface area contributed by atoms with E-state index in [0.717, 1.165) is 22.4 Å². The van der Waals surface area contributed by atoms with Crippen molar-refractivity contribution in [2.45, 2.75) is 19.7 Å². The number of urea groups is 1. The van der Waals surface area contributed by atoms with Gasteiger partial charge < -0.3 is 26.4 Å². The number of hydrogen-bond donors (Lipinski definition) is 4. The van der Waals surface area contributed by atoms with Crippen molar-refractivity contribution in [3.05, 3.63) is 95.6 Å². The monoisotopic (exact) mass is 418 g/mol. The molecule has 0 saturated heterocycles. The van der Waals surface area contributed by atoms with E-state index in [9.17, 15) is 9.59 Å². The number of nitrogen functional groups attached to an aromatic ring is 1. The highest BCUT2D eigenvalue weighted by molar-refractivity contribution is 5.83. The van der Waals surface area contributed by atoms with E-state index in [0.29, 0.717) is 25.4 Å². The van der Waals surface area contributed by atoms with Gasteiger partial charge in [0.25, 0.3) is 0 Å². The van der Waals surface area contributed by atoms with Crippen LogP contribution in [0, 0.1) is 0 Å². The maximum absolute atomic E-state index is 12.0. The average Bonchev–Trinajstić information content (AvgIpc) is 2.81. The smallest absolute Gasteiger partial charge is 0.315 e. The molecule has 0 aliphatic carbocycles. The summed E-state index contributed by atoms with van der Waals surface area (Å²) in [5.74, 6) is 0.558. The first-order valence-electron chi connectivity index (χ1n) is 9.97. The molecule has 5 N–H and O–H groups in total. The van der Waals surface area contributed by atoms with Gasteiger partial charge >= 0.3 is 6.03 Å². The van der Waals surface area contributed by atoms with Crippen LogP contribution in [0.2, 0.25) is 0 Å². The van der Waals surface area contributed by atoms with E-state index in [2.05, 4.69) is 16.0 Å². The van der Waals surface area contributed by atoms with E-state index in [1.54, 1.807) is 12.1 Å². The molecule has 3 aromatic carbocycles. The van der Waals surface area contributed by atoms with Crippen LogP contribution in [-0.2, 0) is 24.5 Å². The quantitative estimate of drug-likeness (QED) is 0.401. The van der Waals surface area contributed by atoms with Crippen LogP contribution in [0.5, 0.6) is 5.75 Å². The molecule has 0 aromatic heterocycles. The minimum Gasteiger partial charge on any atom is -0.489 e. The van der Waals surface area contributed by atoms with Gasteiger partial charge in [0.05, 0.1) is 6.54 Å². The minimum absolute atomic E-state index is 0.101. The number of nitrogens with two attached hydrogens (primary N) is 1. The lowest BCUT2D eigenvalue weighted by Crippen LogP contribution is -2.41. The number of amides is 3. The Kier molecular flexibility index (Phi) is 7.88. The molecule has 0 bridgehead atoms. The van der Waals surface area contributed by atoms with Gasteiger partial charge in [0.2, 0.25) is 5.91 Å². The Bertz CT molecular complexity index is 974. The second-order valence-electron chi connectivity index (χ2n) is 6.97. The number of hydrogen-bond acceptors (Lipinski definition) is 4. The van der Waals surface area contributed by atoms with Crippen molar-refractivity contribution in [3.63, 3.8) is 0 Å². The zero-order chi connectivity index (χ0) is 21.9. The lowest BCUT2D eigenvalue weighted by atomic mass is 10.1. The van der Waals surface area contributed by atoms with Crippen LogP contribution in [-0.4, -0.2) is 18.5 Å².